The van der Waals surface area contributed by atoms with Crippen LogP contribution in [0.4, 0.5) is 0 Å². The van der Waals surface area contributed by atoms with Crippen LogP contribution in [0.15, 0.2) is 0 Å². The van der Waals surface area contributed by atoms with E-state index in [2.05, 4.69) is 22.9 Å². The molecule has 0 spiro atoms. The smallest absolute Gasteiger partial charge is 0.226 e. The molecule has 0 bridgehead atoms. The van der Waals surface area contributed by atoms with Crippen molar-refractivity contribution in [3.05, 3.63) is 0 Å². The standard InChI is InChI=1S/C9H17N3O3S/c1-15-5-4-12-8(13)2-3-11-9(14)6-7(10)16/h2-6H2,1H3,(H2,10,16)(H,11,14)(H,12,13). The minimum Gasteiger partial charge on any atom is -0.393 e. The van der Waals surface area contributed by atoms with Crippen molar-refractivity contribution >= 4 is 29.0 Å². The Morgan fingerprint density at radius 2 is 1.88 bits per heavy atom. The lowest BCUT2D eigenvalue weighted by Crippen LogP contribution is -2.33. The molecular weight excluding hydrogens is 230 g/mol. The molecular formula is C9H17N3O3S. The van der Waals surface area contributed by atoms with Gasteiger partial charge in [-0.05, 0) is 0 Å². The second-order valence-corrected chi connectivity index (χ2v) is 3.61. The zero-order valence-electron chi connectivity index (χ0n) is 9.25. The van der Waals surface area contributed by atoms with Crippen LogP contribution in [0, 0.1) is 0 Å². The summed E-state index contributed by atoms with van der Waals surface area (Å²) in [5.74, 6) is -0.398. The number of nitrogens with two attached hydrogens (primary N) is 1. The summed E-state index contributed by atoms with van der Waals surface area (Å²) in [5.41, 5.74) is 5.18. The van der Waals surface area contributed by atoms with Gasteiger partial charge in [0, 0.05) is 26.6 Å². The number of carbonyl (C=O) groups excluding carboxylic acids is 2. The molecule has 0 aromatic heterocycles. The maximum absolute atomic E-state index is 11.2. The summed E-state index contributed by atoms with van der Waals surface area (Å²) >= 11 is 4.57. The number of methoxy groups -OCH3 is 1. The predicted molar refractivity (Wildman–Crippen MR) is 63.9 cm³/mol. The highest BCUT2D eigenvalue weighted by Crippen LogP contribution is 1.82. The van der Waals surface area contributed by atoms with Gasteiger partial charge in [0.05, 0.1) is 18.0 Å². The zero-order valence-corrected chi connectivity index (χ0v) is 10.1. The topological polar surface area (TPSA) is 93.5 Å². The number of rotatable bonds is 8. The first-order chi connectivity index (χ1) is 7.56. The van der Waals surface area contributed by atoms with Gasteiger partial charge in [-0.2, -0.15) is 0 Å². The highest BCUT2D eigenvalue weighted by molar-refractivity contribution is 7.80. The van der Waals surface area contributed by atoms with Crippen LogP contribution in [-0.4, -0.2) is 43.6 Å². The lowest BCUT2D eigenvalue weighted by Gasteiger charge is -2.05. The lowest BCUT2D eigenvalue weighted by atomic mass is 10.3. The first-order valence-electron chi connectivity index (χ1n) is 4.87. The molecule has 0 fully saturated rings. The second kappa shape index (κ2) is 9.05. The quantitative estimate of drug-likeness (QED) is 0.375. The van der Waals surface area contributed by atoms with Gasteiger partial charge in [0.1, 0.15) is 0 Å². The van der Waals surface area contributed by atoms with Crippen LogP contribution >= 0.6 is 12.2 Å². The Morgan fingerprint density at radius 1 is 1.25 bits per heavy atom. The number of nitrogens with one attached hydrogen (secondary N) is 2. The third kappa shape index (κ3) is 9.35. The largest absolute Gasteiger partial charge is 0.393 e. The van der Waals surface area contributed by atoms with E-state index in [9.17, 15) is 9.59 Å². The molecule has 92 valence electrons. The van der Waals surface area contributed by atoms with Crippen molar-refractivity contribution in [1.82, 2.24) is 10.6 Å². The van der Waals surface area contributed by atoms with Crippen molar-refractivity contribution in [3.63, 3.8) is 0 Å². The molecule has 6 nitrogen and oxygen atoms in total. The Bertz CT molecular complexity index is 258. The van der Waals surface area contributed by atoms with E-state index in [0.717, 1.165) is 0 Å². The van der Waals surface area contributed by atoms with E-state index in [0.29, 0.717) is 13.2 Å². The average Bonchev–Trinajstić information content (AvgIpc) is 2.17. The highest BCUT2D eigenvalue weighted by Gasteiger charge is 2.04. The van der Waals surface area contributed by atoms with E-state index in [1.54, 1.807) is 7.11 Å². The Labute approximate surface area is 99.9 Å². The molecule has 0 rings (SSSR count). The van der Waals surface area contributed by atoms with Crippen molar-refractivity contribution in [2.75, 3.05) is 26.8 Å². The number of amides is 2. The Morgan fingerprint density at radius 3 is 2.44 bits per heavy atom. The van der Waals surface area contributed by atoms with Crippen molar-refractivity contribution < 1.29 is 14.3 Å². The summed E-state index contributed by atoms with van der Waals surface area (Å²) in [6, 6.07) is 0. The maximum atomic E-state index is 11.2. The first kappa shape index (κ1) is 14.8. The Hall–Kier alpha value is -1.21. The van der Waals surface area contributed by atoms with Gasteiger partial charge in [-0.1, -0.05) is 12.2 Å². The van der Waals surface area contributed by atoms with Gasteiger partial charge in [0.2, 0.25) is 11.8 Å². The summed E-state index contributed by atoms with van der Waals surface area (Å²) in [5, 5.41) is 5.17. The second-order valence-electron chi connectivity index (χ2n) is 3.09. The molecule has 0 aromatic rings. The van der Waals surface area contributed by atoms with Crippen LogP contribution in [0.3, 0.4) is 0 Å². The molecule has 0 heterocycles. The molecule has 0 radical (unpaired) electrons. The van der Waals surface area contributed by atoms with Crippen molar-refractivity contribution in [3.8, 4) is 0 Å². The minimum absolute atomic E-state index is 0.0145. The maximum Gasteiger partial charge on any atom is 0.226 e. The van der Waals surface area contributed by atoms with Gasteiger partial charge >= 0.3 is 0 Å². The Balaban J connectivity index is 3.46. The monoisotopic (exact) mass is 247 g/mol. The van der Waals surface area contributed by atoms with Crippen molar-refractivity contribution in [1.29, 1.82) is 0 Å². The molecule has 2 amide bonds. The molecule has 0 aromatic carbocycles. The normalized spacial score (nSPS) is 9.56. The van der Waals surface area contributed by atoms with E-state index in [4.69, 9.17) is 10.5 Å². The summed E-state index contributed by atoms with van der Waals surface area (Å²) in [6.45, 7) is 1.22. The summed E-state index contributed by atoms with van der Waals surface area (Å²) in [6.07, 6.45) is 0.243. The van der Waals surface area contributed by atoms with Gasteiger partial charge in [0.15, 0.2) is 0 Å². The van der Waals surface area contributed by atoms with E-state index in [-0.39, 0.29) is 36.2 Å². The third-order valence-corrected chi connectivity index (χ3v) is 1.78. The van der Waals surface area contributed by atoms with Gasteiger partial charge in [-0.15, -0.1) is 0 Å². The van der Waals surface area contributed by atoms with Crippen LogP contribution in [0.25, 0.3) is 0 Å². The Kier molecular flexibility index (Phi) is 8.36. The van der Waals surface area contributed by atoms with Gasteiger partial charge in [0.25, 0.3) is 0 Å². The molecule has 0 saturated heterocycles. The van der Waals surface area contributed by atoms with Crippen LogP contribution in [0.2, 0.25) is 0 Å². The summed E-state index contributed by atoms with van der Waals surface area (Å²) in [4.78, 5) is 22.4. The molecule has 7 heteroatoms. The van der Waals surface area contributed by atoms with E-state index in [1.807, 2.05) is 0 Å². The highest BCUT2D eigenvalue weighted by atomic mass is 32.1. The van der Waals surface area contributed by atoms with Gasteiger partial charge < -0.3 is 21.1 Å². The molecule has 0 unspecified atom stereocenters. The molecule has 0 aliphatic rings. The molecule has 4 N–H and O–H groups in total. The summed E-state index contributed by atoms with van der Waals surface area (Å²) < 4.78 is 4.77. The number of hydrogen-bond acceptors (Lipinski definition) is 4. The van der Waals surface area contributed by atoms with Gasteiger partial charge in [-0.25, -0.2) is 0 Å². The van der Waals surface area contributed by atoms with Crippen LogP contribution in [-0.2, 0) is 14.3 Å². The fourth-order valence-corrected chi connectivity index (χ4v) is 1.05. The minimum atomic E-state index is -0.266. The molecule has 16 heavy (non-hydrogen) atoms. The number of thiocarbonyl (C=S) groups is 1. The molecule has 0 saturated carbocycles. The van der Waals surface area contributed by atoms with E-state index in [1.165, 1.54) is 0 Å². The predicted octanol–water partition coefficient (Wildman–Crippen LogP) is -1.07. The molecule has 0 aliphatic carbocycles. The number of hydrogen-bond donors (Lipinski definition) is 3. The van der Waals surface area contributed by atoms with Crippen LogP contribution in [0.5, 0.6) is 0 Å². The van der Waals surface area contributed by atoms with E-state index < -0.39 is 0 Å². The van der Waals surface area contributed by atoms with E-state index >= 15 is 0 Å². The number of ether oxygens (including phenoxy) is 1. The number of carbonyl (C=O) groups is 2. The fraction of sp³-hybridized carbons (Fsp3) is 0.667. The molecule has 0 atom stereocenters. The van der Waals surface area contributed by atoms with Crippen molar-refractivity contribution in [2.24, 2.45) is 5.73 Å². The third-order valence-electron chi connectivity index (χ3n) is 1.64. The average molecular weight is 247 g/mol. The van der Waals surface area contributed by atoms with Crippen LogP contribution in [0.1, 0.15) is 12.8 Å². The fourth-order valence-electron chi connectivity index (χ4n) is 0.917. The van der Waals surface area contributed by atoms with Gasteiger partial charge in [-0.3, -0.25) is 9.59 Å². The summed E-state index contributed by atoms with van der Waals surface area (Å²) in [7, 11) is 1.56. The first-order valence-corrected chi connectivity index (χ1v) is 5.27. The molecule has 0 aliphatic heterocycles. The van der Waals surface area contributed by atoms with Crippen molar-refractivity contribution in [2.45, 2.75) is 12.8 Å². The lowest BCUT2D eigenvalue weighted by molar-refractivity contribution is -0.121. The zero-order chi connectivity index (χ0) is 12.4. The SMILES string of the molecule is COCCNC(=O)CCNC(=O)CC(N)=S. The van der Waals surface area contributed by atoms with Crippen LogP contribution < -0.4 is 16.4 Å².